The summed E-state index contributed by atoms with van der Waals surface area (Å²) in [5.74, 6) is 0.132. The number of rotatable bonds is 8. The Morgan fingerprint density at radius 3 is 2.56 bits per heavy atom. The minimum absolute atomic E-state index is 0. The van der Waals surface area contributed by atoms with Crippen LogP contribution in [0, 0.1) is 16.0 Å². The number of anilines is 1. The van der Waals surface area contributed by atoms with E-state index in [1.54, 1.807) is 12.1 Å². The van der Waals surface area contributed by atoms with E-state index in [0.29, 0.717) is 24.7 Å². The maximum atomic E-state index is 12.2. The number of hydrogen-bond acceptors (Lipinski definition) is 5. The first-order valence-corrected chi connectivity index (χ1v) is 8.64. The molecule has 1 aliphatic carbocycles. The van der Waals surface area contributed by atoms with E-state index in [2.05, 4.69) is 10.6 Å². The number of nitro groups is 1. The van der Waals surface area contributed by atoms with Crippen LogP contribution in [0.15, 0.2) is 48.5 Å². The van der Waals surface area contributed by atoms with Crippen LogP contribution in [0.1, 0.15) is 28.8 Å². The third-order valence-corrected chi connectivity index (χ3v) is 4.51. The van der Waals surface area contributed by atoms with Crippen molar-refractivity contribution in [3.05, 3.63) is 69.8 Å². The zero-order valence-electron chi connectivity index (χ0n) is 14.8. The van der Waals surface area contributed by atoms with Gasteiger partial charge in [0.25, 0.3) is 11.6 Å². The molecule has 0 saturated heterocycles. The molecular formula is C19H23ClN4O3. The van der Waals surface area contributed by atoms with Gasteiger partial charge in [-0.2, -0.15) is 0 Å². The molecule has 1 unspecified atom stereocenters. The number of nitro benzene ring substituents is 1. The molecule has 1 amide bonds. The number of carbonyl (C=O) groups is 1. The third-order valence-electron chi connectivity index (χ3n) is 4.51. The molecule has 1 fully saturated rings. The van der Waals surface area contributed by atoms with E-state index in [1.807, 2.05) is 30.3 Å². The maximum Gasteiger partial charge on any atom is 0.293 e. The Morgan fingerprint density at radius 1 is 1.22 bits per heavy atom. The van der Waals surface area contributed by atoms with Crippen molar-refractivity contribution in [3.8, 4) is 0 Å². The van der Waals surface area contributed by atoms with Gasteiger partial charge in [-0.05, 0) is 36.5 Å². The van der Waals surface area contributed by atoms with E-state index in [4.69, 9.17) is 5.73 Å². The Kier molecular flexibility index (Phi) is 7.15. The summed E-state index contributed by atoms with van der Waals surface area (Å²) >= 11 is 0. The Balaban J connectivity index is 0.00000261. The van der Waals surface area contributed by atoms with Gasteiger partial charge in [-0.25, -0.2) is 0 Å². The molecule has 7 nitrogen and oxygen atoms in total. The average Bonchev–Trinajstić information content (AvgIpc) is 3.50. The number of carbonyl (C=O) groups excluding carboxylic acids is 1. The minimum atomic E-state index is -0.486. The highest BCUT2D eigenvalue weighted by Crippen LogP contribution is 2.31. The molecule has 144 valence electrons. The van der Waals surface area contributed by atoms with E-state index in [9.17, 15) is 14.9 Å². The third kappa shape index (κ3) is 5.67. The predicted molar refractivity (Wildman–Crippen MR) is 107 cm³/mol. The molecule has 3 rings (SSSR count). The Labute approximate surface area is 163 Å². The van der Waals surface area contributed by atoms with Crippen LogP contribution in [-0.2, 0) is 6.54 Å². The van der Waals surface area contributed by atoms with Crippen LogP contribution in [0.2, 0.25) is 0 Å². The quantitative estimate of drug-likeness (QED) is 0.473. The van der Waals surface area contributed by atoms with Crippen LogP contribution < -0.4 is 16.4 Å². The second-order valence-corrected chi connectivity index (χ2v) is 6.54. The number of nitrogens with one attached hydrogen (secondary N) is 2. The highest BCUT2D eigenvalue weighted by Gasteiger charge is 2.28. The summed E-state index contributed by atoms with van der Waals surface area (Å²) < 4.78 is 0. The first-order valence-electron chi connectivity index (χ1n) is 8.64. The van der Waals surface area contributed by atoms with Crippen LogP contribution >= 0.6 is 12.4 Å². The van der Waals surface area contributed by atoms with Gasteiger partial charge in [-0.1, -0.05) is 30.3 Å². The standard InChI is InChI=1S/C19H22N4O3.ClH/c20-16(14-6-7-14)12-22-19(24)15-8-9-17(18(10-15)23(25)26)21-11-13-4-2-1-3-5-13;/h1-5,8-10,14,16,21H,6-7,11-12,20H2,(H,22,24);1H. The van der Waals surface area contributed by atoms with Gasteiger partial charge >= 0.3 is 0 Å². The number of nitrogens with zero attached hydrogens (tertiary/aromatic N) is 1. The smallest absolute Gasteiger partial charge is 0.293 e. The summed E-state index contributed by atoms with van der Waals surface area (Å²) in [5.41, 5.74) is 7.49. The summed E-state index contributed by atoms with van der Waals surface area (Å²) in [6, 6.07) is 14.0. The zero-order chi connectivity index (χ0) is 18.5. The lowest BCUT2D eigenvalue weighted by atomic mass is 10.1. The second kappa shape index (κ2) is 9.34. The lowest BCUT2D eigenvalue weighted by Crippen LogP contribution is -2.38. The van der Waals surface area contributed by atoms with Gasteiger partial charge in [0.2, 0.25) is 0 Å². The first-order chi connectivity index (χ1) is 12.5. The molecule has 4 N–H and O–H groups in total. The van der Waals surface area contributed by atoms with Gasteiger partial charge in [-0.3, -0.25) is 14.9 Å². The summed E-state index contributed by atoms with van der Waals surface area (Å²) in [4.78, 5) is 23.1. The maximum absolute atomic E-state index is 12.2. The molecule has 0 heterocycles. The van der Waals surface area contributed by atoms with Crippen molar-refractivity contribution in [1.29, 1.82) is 0 Å². The number of nitrogens with two attached hydrogens (primary N) is 1. The normalized spacial score (nSPS) is 14.0. The molecule has 1 saturated carbocycles. The van der Waals surface area contributed by atoms with Gasteiger partial charge in [-0.15, -0.1) is 12.4 Å². The van der Waals surface area contributed by atoms with Gasteiger partial charge in [0, 0.05) is 30.8 Å². The molecular weight excluding hydrogens is 368 g/mol. The molecule has 8 heteroatoms. The molecule has 2 aromatic carbocycles. The van der Waals surface area contributed by atoms with E-state index >= 15 is 0 Å². The van der Waals surface area contributed by atoms with Gasteiger partial charge in [0.1, 0.15) is 5.69 Å². The van der Waals surface area contributed by atoms with Crippen LogP contribution in [0.3, 0.4) is 0 Å². The monoisotopic (exact) mass is 390 g/mol. The van der Waals surface area contributed by atoms with Crippen LogP contribution in [0.4, 0.5) is 11.4 Å². The van der Waals surface area contributed by atoms with Gasteiger partial charge < -0.3 is 16.4 Å². The molecule has 0 bridgehead atoms. The highest BCUT2D eigenvalue weighted by molar-refractivity contribution is 5.95. The lowest BCUT2D eigenvalue weighted by molar-refractivity contribution is -0.384. The van der Waals surface area contributed by atoms with Crippen molar-refractivity contribution in [2.75, 3.05) is 11.9 Å². The van der Waals surface area contributed by atoms with Crippen LogP contribution in [-0.4, -0.2) is 23.4 Å². The number of hydrogen-bond donors (Lipinski definition) is 3. The molecule has 0 radical (unpaired) electrons. The van der Waals surface area contributed by atoms with Crippen molar-refractivity contribution in [1.82, 2.24) is 5.32 Å². The van der Waals surface area contributed by atoms with E-state index in [1.165, 1.54) is 6.07 Å². The molecule has 0 aliphatic heterocycles. The van der Waals surface area contributed by atoms with Crippen molar-refractivity contribution in [2.24, 2.45) is 11.7 Å². The molecule has 2 aromatic rings. The highest BCUT2D eigenvalue weighted by atomic mass is 35.5. The zero-order valence-corrected chi connectivity index (χ0v) is 15.6. The minimum Gasteiger partial charge on any atom is -0.375 e. The summed E-state index contributed by atoms with van der Waals surface area (Å²) in [5, 5.41) is 17.2. The summed E-state index contributed by atoms with van der Waals surface area (Å²) in [6.07, 6.45) is 2.20. The molecule has 1 aliphatic rings. The van der Waals surface area contributed by atoms with Gasteiger partial charge in [0.05, 0.1) is 4.92 Å². The number of benzene rings is 2. The number of amides is 1. The molecule has 0 spiro atoms. The molecule has 1 atom stereocenters. The Morgan fingerprint density at radius 2 is 1.93 bits per heavy atom. The van der Waals surface area contributed by atoms with Crippen LogP contribution in [0.5, 0.6) is 0 Å². The lowest BCUT2D eigenvalue weighted by Gasteiger charge is -2.12. The Bertz CT molecular complexity index is 797. The Hall–Kier alpha value is -2.64. The SMILES string of the molecule is Cl.NC(CNC(=O)c1ccc(NCc2ccccc2)c([N+](=O)[O-])c1)C1CC1. The molecule has 0 aromatic heterocycles. The largest absolute Gasteiger partial charge is 0.375 e. The fraction of sp³-hybridized carbons (Fsp3) is 0.316. The number of halogens is 1. The fourth-order valence-electron chi connectivity index (χ4n) is 2.77. The second-order valence-electron chi connectivity index (χ2n) is 6.54. The van der Waals surface area contributed by atoms with Gasteiger partial charge in [0.15, 0.2) is 0 Å². The summed E-state index contributed by atoms with van der Waals surface area (Å²) in [7, 11) is 0. The van der Waals surface area contributed by atoms with Crippen molar-refractivity contribution in [2.45, 2.75) is 25.4 Å². The average molecular weight is 391 g/mol. The molecule has 27 heavy (non-hydrogen) atoms. The predicted octanol–water partition coefficient (Wildman–Crippen LogP) is 3.10. The fourth-order valence-corrected chi connectivity index (χ4v) is 2.77. The topological polar surface area (TPSA) is 110 Å². The summed E-state index contributed by atoms with van der Waals surface area (Å²) in [6.45, 7) is 0.842. The van der Waals surface area contributed by atoms with E-state index in [0.717, 1.165) is 18.4 Å². The van der Waals surface area contributed by atoms with Crippen molar-refractivity contribution < 1.29 is 9.72 Å². The first kappa shape index (κ1) is 20.7. The van der Waals surface area contributed by atoms with Crippen molar-refractivity contribution in [3.63, 3.8) is 0 Å². The van der Waals surface area contributed by atoms with E-state index in [-0.39, 0.29) is 35.6 Å². The van der Waals surface area contributed by atoms with E-state index < -0.39 is 4.92 Å². The van der Waals surface area contributed by atoms with Crippen molar-refractivity contribution >= 4 is 29.7 Å². The van der Waals surface area contributed by atoms with Crippen LogP contribution in [0.25, 0.3) is 0 Å².